The van der Waals surface area contributed by atoms with Gasteiger partial charge in [-0.3, -0.25) is 4.79 Å². The Morgan fingerprint density at radius 1 is 1.19 bits per heavy atom. The predicted molar refractivity (Wildman–Crippen MR) is 101 cm³/mol. The van der Waals surface area contributed by atoms with E-state index < -0.39 is 10.4 Å². The van der Waals surface area contributed by atoms with E-state index in [1.807, 2.05) is 18.2 Å². The number of rotatable bonds is 5. The Kier molecular flexibility index (Phi) is 5.83. The summed E-state index contributed by atoms with van der Waals surface area (Å²) in [5.41, 5.74) is 2.15. The van der Waals surface area contributed by atoms with Gasteiger partial charge in [0.2, 0.25) is 5.88 Å². The molecule has 1 amide bonds. The number of hydrogen-bond acceptors (Lipinski definition) is 6. The van der Waals surface area contributed by atoms with Gasteiger partial charge in [0.05, 0.1) is 18.8 Å². The Balaban J connectivity index is 1.61. The summed E-state index contributed by atoms with van der Waals surface area (Å²) < 4.78 is 30.2. The summed E-state index contributed by atoms with van der Waals surface area (Å²) in [6.45, 7) is 1.05. The van der Waals surface area contributed by atoms with E-state index in [1.54, 1.807) is 23.1 Å². The minimum absolute atomic E-state index is 0.0554. The average molecular weight is 390 g/mol. The predicted octanol–water partition coefficient (Wildman–Crippen LogP) is 1.52. The second-order valence-corrected chi connectivity index (χ2v) is 8.27. The van der Waals surface area contributed by atoms with Gasteiger partial charge in [0.1, 0.15) is 16.7 Å². The molecular formula is C18H22N4O4S. The van der Waals surface area contributed by atoms with Crippen molar-refractivity contribution in [3.8, 4) is 17.1 Å². The molecule has 1 fully saturated rings. The second-order valence-electron chi connectivity index (χ2n) is 6.49. The third kappa shape index (κ3) is 5.09. The van der Waals surface area contributed by atoms with Crippen molar-refractivity contribution in [2.24, 2.45) is 0 Å². The summed E-state index contributed by atoms with van der Waals surface area (Å²) >= 11 is 0. The summed E-state index contributed by atoms with van der Waals surface area (Å²) in [7, 11) is -1.69. The lowest BCUT2D eigenvalue weighted by molar-refractivity contribution is 0.0711. The van der Waals surface area contributed by atoms with Crippen LogP contribution in [-0.4, -0.2) is 58.1 Å². The fourth-order valence-corrected chi connectivity index (χ4v) is 3.89. The lowest BCUT2D eigenvalue weighted by atomic mass is 10.0. The smallest absolute Gasteiger partial charge is 0.253 e. The number of benzene rings is 1. The lowest BCUT2D eigenvalue weighted by Gasteiger charge is -2.32. The van der Waals surface area contributed by atoms with Crippen molar-refractivity contribution in [3.63, 3.8) is 0 Å². The number of nitrogens with zero attached hydrogens (tertiary/aromatic N) is 3. The molecule has 1 unspecified atom stereocenters. The van der Waals surface area contributed by atoms with Gasteiger partial charge in [0, 0.05) is 30.3 Å². The third-order valence-corrected chi connectivity index (χ3v) is 5.20. The Labute approximate surface area is 159 Å². The third-order valence-electron chi connectivity index (χ3n) is 4.44. The van der Waals surface area contributed by atoms with E-state index in [4.69, 9.17) is 4.74 Å². The molecular weight excluding hydrogens is 368 g/mol. The van der Waals surface area contributed by atoms with Crippen molar-refractivity contribution in [3.05, 3.63) is 42.0 Å². The van der Waals surface area contributed by atoms with Crippen molar-refractivity contribution < 1.29 is 18.3 Å². The van der Waals surface area contributed by atoms with Crippen LogP contribution < -0.4 is 9.46 Å². The number of nitrogens with one attached hydrogen (secondary N) is 1. The Morgan fingerprint density at radius 3 is 2.37 bits per heavy atom. The standard InChI is InChI=1S/C18H22N4O4S/c1-26-17-8-7-16(19-20-17)13-3-5-14(6-4-13)18(23)22-11-9-15(10-12-22)21-27(2,24)25/h3-8,15H,9-12H2,1-2H3,(H-,21,24,25). The number of amides is 1. The molecule has 1 saturated heterocycles. The maximum atomic E-state index is 12.7. The summed E-state index contributed by atoms with van der Waals surface area (Å²) in [5.74, 6) is 0.388. The number of carbonyl (C=O) groups excluding carboxylic acids is 1. The van der Waals surface area contributed by atoms with Gasteiger partial charge in [0.15, 0.2) is 0 Å². The summed E-state index contributed by atoms with van der Waals surface area (Å²) in [6.07, 6.45) is 2.37. The van der Waals surface area contributed by atoms with E-state index in [0.29, 0.717) is 43.1 Å². The first-order valence-corrected chi connectivity index (χ1v) is 10.5. The van der Waals surface area contributed by atoms with Crippen LogP contribution in [0.2, 0.25) is 0 Å². The van der Waals surface area contributed by atoms with E-state index in [0.717, 1.165) is 11.8 Å². The molecule has 0 bridgehead atoms. The molecule has 9 heteroatoms. The van der Waals surface area contributed by atoms with Crippen molar-refractivity contribution in [2.45, 2.75) is 18.9 Å². The van der Waals surface area contributed by atoms with Crippen LogP contribution >= 0.6 is 0 Å². The van der Waals surface area contributed by atoms with Crippen LogP contribution in [0.4, 0.5) is 0 Å². The monoisotopic (exact) mass is 390 g/mol. The average Bonchev–Trinajstić information content (AvgIpc) is 2.67. The number of aromatic nitrogens is 2. The van der Waals surface area contributed by atoms with Crippen LogP contribution in [0, 0.1) is 0 Å². The molecule has 1 atom stereocenters. The van der Waals surface area contributed by atoms with Gasteiger partial charge < -0.3 is 14.2 Å². The summed E-state index contributed by atoms with van der Waals surface area (Å²) in [6, 6.07) is 10.6. The number of ether oxygens (including phenoxy) is 1. The minimum atomic E-state index is -3.22. The molecule has 1 aromatic carbocycles. The SMILES string of the molecule is COc1ccc(-c2ccc(C(=O)N3CCC(N[S+](C)(=O)[O-])CC3)cc2)nn1. The molecule has 1 N–H and O–H groups in total. The first-order chi connectivity index (χ1) is 12.9. The molecule has 3 rings (SSSR count). The number of likely N-dealkylation sites (tertiary alicyclic amines) is 1. The van der Waals surface area contributed by atoms with E-state index in [1.165, 1.54) is 7.11 Å². The zero-order chi connectivity index (χ0) is 19.4. The van der Waals surface area contributed by atoms with Crippen LogP contribution in [0.3, 0.4) is 0 Å². The number of carbonyl (C=O) groups is 1. The highest BCUT2D eigenvalue weighted by Gasteiger charge is 2.26. The van der Waals surface area contributed by atoms with Crippen molar-refractivity contribution >= 4 is 16.3 Å². The van der Waals surface area contributed by atoms with Gasteiger partial charge in [0.25, 0.3) is 5.91 Å². The number of piperidine rings is 1. The first-order valence-electron chi connectivity index (χ1n) is 8.60. The van der Waals surface area contributed by atoms with Crippen molar-refractivity contribution in [2.75, 3.05) is 26.5 Å². The van der Waals surface area contributed by atoms with Gasteiger partial charge in [-0.25, -0.2) is 0 Å². The highest BCUT2D eigenvalue weighted by atomic mass is 32.3. The summed E-state index contributed by atoms with van der Waals surface area (Å²) in [4.78, 5) is 14.4. The Morgan fingerprint density at radius 2 is 1.85 bits per heavy atom. The molecule has 0 radical (unpaired) electrons. The molecule has 144 valence electrons. The maximum absolute atomic E-state index is 12.7. The molecule has 1 aliphatic heterocycles. The quantitative estimate of drug-likeness (QED) is 0.776. The molecule has 8 nitrogen and oxygen atoms in total. The topological polar surface area (TPSA) is 107 Å². The van der Waals surface area contributed by atoms with Gasteiger partial charge in [-0.15, -0.1) is 14.9 Å². The van der Waals surface area contributed by atoms with E-state index in [2.05, 4.69) is 14.9 Å². The second kappa shape index (κ2) is 8.12. The number of sulfonamides is 1. The van der Waals surface area contributed by atoms with Gasteiger partial charge in [-0.2, -0.15) is 0 Å². The molecule has 27 heavy (non-hydrogen) atoms. The maximum Gasteiger partial charge on any atom is 0.253 e. The van der Waals surface area contributed by atoms with Crippen molar-refractivity contribution in [1.82, 2.24) is 19.8 Å². The Bertz CT molecular complexity index is 827. The fourth-order valence-electron chi connectivity index (χ4n) is 3.05. The van der Waals surface area contributed by atoms with Crippen LogP contribution in [0.5, 0.6) is 5.88 Å². The zero-order valence-electron chi connectivity index (χ0n) is 15.3. The fraction of sp³-hybridized carbons (Fsp3) is 0.389. The van der Waals surface area contributed by atoms with E-state index in [9.17, 15) is 13.6 Å². The van der Waals surface area contributed by atoms with Crippen LogP contribution in [-0.2, 0) is 14.6 Å². The largest absolute Gasteiger partial charge is 0.598 e. The first kappa shape index (κ1) is 19.4. The highest BCUT2D eigenvalue weighted by molar-refractivity contribution is 7.95. The molecule has 0 saturated carbocycles. The molecule has 2 aromatic rings. The van der Waals surface area contributed by atoms with Gasteiger partial charge >= 0.3 is 0 Å². The molecule has 1 aromatic heterocycles. The van der Waals surface area contributed by atoms with Crippen molar-refractivity contribution in [1.29, 1.82) is 0 Å². The Hall–Kier alpha value is -2.36. The zero-order valence-corrected chi connectivity index (χ0v) is 16.1. The lowest BCUT2D eigenvalue weighted by Crippen LogP contribution is -2.47. The van der Waals surface area contributed by atoms with Crippen LogP contribution in [0.15, 0.2) is 36.4 Å². The van der Waals surface area contributed by atoms with Crippen LogP contribution in [0.1, 0.15) is 23.2 Å². The van der Waals surface area contributed by atoms with Gasteiger partial charge in [-0.05, 0) is 31.0 Å². The van der Waals surface area contributed by atoms with E-state index >= 15 is 0 Å². The highest BCUT2D eigenvalue weighted by Crippen LogP contribution is 2.20. The van der Waals surface area contributed by atoms with Crippen LogP contribution in [0.25, 0.3) is 11.3 Å². The number of hydrogen-bond donors (Lipinski definition) is 1. The normalized spacial score (nSPS) is 17.4. The van der Waals surface area contributed by atoms with Gasteiger partial charge in [-0.1, -0.05) is 16.3 Å². The molecule has 2 heterocycles. The van der Waals surface area contributed by atoms with E-state index in [-0.39, 0.29) is 11.9 Å². The summed E-state index contributed by atoms with van der Waals surface area (Å²) in [5, 5.41) is 8.04. The minimum Gasteiger partial charge on any atom is -0.598 e. The molecule has 0 spiro atoms. The molecule has 1 aliphatic rings. The number of methoxy groups -OCH3 is 1. The molecule has 0 aliphatic carbocycles.